The van der Waals surface area contributed by atoms with E-state index in [1.807, 2.05) is 28.9 Å². The minimum atomic E-state index is 0.299. The summed E-state index contributed by atoms with van der Waals surface area (Å²) in [6.07, 6.45) is 8.33. The molecule has 100 valence electrons. The van der Waals surface area contributed by atoms with Gasteiger partial charge in [0.05, 0.1) is 6.20 Å². The Morgan fingerprint density at radius 2 is 2.32 bits per heavy atom. The van der Waals surface area contributed by atoms with E-state index >= 15 is 0 Å². The lowest BCUT2D eigenvalue weighted by molar-refractivity contribution is -0.127. The molecule has 0 bridgehead atoms. The van der Waals surface area contributed by atoms with E-state index < -0.39 is 0 Å². The van der Waals surface area contributed by atoms with E-state index in [-0.39, 0.29) is 0 Å². The fraction of sp³-hybridized carbons (Fsp3) is 0.462. The zero-order chi connectivity index (χ0) is 13.1. The highest BCUT2D eigenvalue weighted by molar-refractivity contribution is 7.03. The van der Waals surface area contributed by atoms with E-state index in [0.717, 1.165) is 50.3 Å². The summed E-state index contributed by atoms with van der Waals surface area (Å²) in [5.74, 6) is 1.26. The zero-order valence-corrected chi connectivity index (χ0v) is 11.5. The van der Waals surface area contributed by atoms with Gasteiger partial charge in [-0.05, 0) is 24.4 Å². The van der Waals surface area contributed by atoms with E-state index in [9.17, 15) is 4.79 Å². The number of carbonyl (C=O) groups is 1. The number of rotatable bonds is 5. The molecule has 0 unspecified atom stereocenters. The number of aryl methyl sites for hydroxylation is 1. The van der Waals surface area contributed by atoms with Crippen molar-refractivity contribution in [3.8, 4) is 11.4 Å². The predicted molar refractivity (Wildman–Crippen MR) is 73.8 cm³/mol. The number of hydrogen-bond acceptors (Lipinski definition) is 4. The normalized spacial score (nSPS) is 15.4. The number of carbonyl (C=O) groups excluding carboxylic acids is 1. The average molecular weight is 276 g/mol. The summed E-state index contributed by atoms with van der Waals surface area (Å²) in [5, 5.41) is 2.00. The maximum absolute atomic E-state index is 11.5. The lowest BCUT2D eigenvalue weighted by Gasteiger charge is -2.15. The third kappa shape index (κ3) is 2.68. The Bertz CT molecular complexity index is 549. The van der Waals surface area contributed by atoms with Crippen molar-refractivity contribution in [2.45, 2.75) is 25.8 Å². The Kier molecular flexibility index (Phi) is 3.59. The van der Waals surface area contributed by atoms with Crippen LogP contribution in [0.25, 0.3) is 11.4 Å². The molecule has 0 aromatic carbocycles. The van der Waals surface area contributed by atoms with Crippen molar-refractivity contribution in [3.05, 3.63) is 24.0 Å². The van der Waals surface area contributed by atoms with Crippen LogP contribution in [-0.4, -0.2) is 37.8 Å². The first kappa shape index (κ1) is 12.3. The Morgan fingerprint density at radius 3 is 3.05 bits per heavy atom. The smallest absolute Gasteiger partial charge is 0.222 e. The number of imidazole rings is 1. The van der Waals surface area contributed by atoms with E-state index in [4.69, 9.17) is 0 Å². The van der Waals surface area contributed by atoms with Gasteiger partial charge in [-0.15, -0.1) is 0 Å². The molecule has 1 fully saturated rings. The van der Waals surface area contributed by atoms with E-state index in [1.165, 1.54) is 11.5 Å². The summed E-state index contributed by atoms with van der Waals surface area (Å²) in [7, 11) is 0. The summed E-state index contributed by atoms with van der Waals surface area (Å²) in [6, 6.07) is 0. The summed E-state index contributed by atoms with van der Waals surface area (Å²) in [5.41, 5.74) is 1.06. The molecule has 3 rings (SSSR count). The van der Waals surface area contributed by atoms with Crippen molar-refractivity contribution < 1.29 is 4.79 Å². The van der Waals surface area contributed by atoms with Gasteiger partial charge in [-0.2, -0.15) is 0 Å². The molecule has 1 aliphatic heterocycles. The molecule has 0 radical (unpaired) electrons. The van der Waals surface area contributed by atoms with Crippen molar-refractivity contribution >= 4 is 17.4 Å². The van der Waals surface area contributed by atoms with Crippen LogP contribution in [-0.2, 0) is 11.3 Å². The first-order valence-electron chi connectivity index (χ1n) is 6.53. The van der Waals surface area contributed by atoms with Gasteiger partial charge in [0.25, 0.3) is 0 Å². The van der Waals surface area contributed by atoms with Gasteiger partial charge in [0.15, 0.2) is 0 Å². The summed E-state index contributed by atoms with van der Waals surface area (Å²) >= 11 is 1.43. The molecule has 0 N–H and O–H groups in total. The van der Waals surface area contributed by atoms with Crippen LogP contribution >= 0.6 is 11.5 Å². The fourth-order valence-corrected chi connectivity index (χ4v) is 2.95. The molecular weight excluding hydrogens is 260 g/mol. The highest BCUT2D eigenvalue weighted by atomic mass is 32.1. The molecule has 1 aliphatic rings. The van der Waals surface area contributed by atoms with Crippen LogP contribution < -0.4 is 0 Å². The van der Waals surface area contributed by atoms with Gasteiger partial charge in [-0.1, -0.05) is 0 Å². The van der Waals surface area contributed by atoms with Crippen LogP contribution in [0.2, 0.25) is 0 Å². The lowest BCUT2D eigenvalue weighted by atomic mass is 10.3. The van der Waals surface area contributed by atoms with E-state index in [2.05, 4.69) is 13.9 Å². The van der Waals surface area contributed by atoms with Crippen LogP contribution in [0, 0.1) is 0 Å². The van der Waals surface area contributed by atoms with Gasteiger partial charge in [0, 0.05) is 49.4 Å². The minimum absolute atomic E-state index is 0.299. The van der Waals surface area contributed by atoms with Gasteiger partial charge in [-0.25, -0.2) is 9.36 Å². The molecule has 5 nitrogen and oxygen atoms in total. The molecule has 6 heteroatoms. The summed E-state index contributed by atoms with van der Waals surface area (Å²) in [4.78, 5) is 17.9. The molecule has 1 saturated heterocycles. The van der Waals surface area contributed by atoms with Crippen molar-refractivity contribution in [1.29, 1.82) is 0 Å². The lowest BCUT2D eigenvalue weighted by Crippen LogP contribution is -2.26. The molecular formula is C13H16N4OS. The minimum Gasteiger partial charge on any atom is -0.343 e. The first-order valence-corrected chi connectivity index (χ1v) is 7.37. The molecule has 1 amide bonds. The maximum atomic E-state index is 11.5. The van der Waals surface area contributed by atoms with Crippen LogP contribution in [0.4, 0.5) is 0 Å². The molecule has 19 heavy (non-hydrogen) atoms. The van der Waals surface area contributed by atoms with E-state index in [1.54, 1.807) is 0 Å². The summed E-state index contributed by atoms with van der Waals surface area (Å²) < 4.78 is 6.24. The SMILES string of the molecule is O=C1CCCN1CCCn1ccnc1-c1cnsc1. The van der Waals surface area contributed by atoms with Crippen LogP contribution in [0.5, 0.6) is 0 Å². The third-order valence-corrected chi connectivity index (χ3v) is 3.99. The Morgan fingerprint density at radius 1 is 1.37 bits per heavy atom. The van der Waals surface area contributed by atoms with Crippen molar-refractivity contribution in [2.24, 2.45) is 0 Å². The second-order valence-corrected chi connectivity index (χ2v) is 5.35. The maximum Gasteiger partial charge on any atom is 0.222 e. The quantitative estimate of drug-likeness (QED) is 0.839. The van der Waals surface area contributed by atoms with Gasteiger partial charge in [-0.3, -0.25) is 4.79 Å². The van der Waals surface area contributed by atoms with Crippen molar-refractivity contribution in [2.75, 3.05) is 13.1 Å². The Hall–Kier alpha value is -1.69. The van der Waals surface area contributed by atoms with Gasteiger partial charge < -0.3 is 9.47 Å². The number of amides is 1. The predicted octanol–water partition coefficient (Wildman–Crippen LogP) is 2.02. The second-order valence-electron chi connectivity index (χ2n) is 4.70. The molecule has 2 aromatic rings. The monoisotopic (exact) mass is 276 g/mol. The van der Waals surface area contributed by atoms with Gasteiger partial charge in [0.2, 0.25) is 5.91 Å². The first-order chi connectivity index (χ1) is 9.34. The molecule has 0 aliphatic carbocycles. The van der Waals surface area contributed by atoms with Crippen LogP contribution in [0.1, 0.15) is 19.3 Å². The topological polar surface area (TPSA) is 51.0 Å². The van der Waals surface area contributed by atoms with Gasteiger partial charge in [0.1, 0.15) is 5.82 Å². The van der Waals surface area contributed by atoms with Crippen LogP contribution in [0.15, 0.2) is 24.0 Å². The molecule has 0 spiro atoms. The molecule has 2 aromatic heterocycles. The molecule has 0 atom stereocenters. The van der Waals surface area contributed by atoms with Crippen molar-refractivity contribution in [3.63, 3.8) is 0 Å². The Balaban J connectivity index is 1.59. The van der Waals surface area contributed by atoms with Gasteiger partial charge >= 0.3 is 0 Å². The largest absolute Gasteiger partial charge is 0.343 e. The molecule has 0 saturated carbocycles. The number of nitrogens with zero attached hydrogens (tertiary/aromatic N) is 4. The standard InChI is InChI=1S/C13H16N4OS/c18-12-3-1-5-16(12)6-2-7-17-8-4-14-13(17)11-9-15-19-10-11/h4,8-10H,1-3,5-7H2. The number of hydrogen-bond donors (Lipinski definition) is 0. The second kappa shape index (κ2) is 5.52. The van der Waals surface area contributed by atoms with Crippen molar-refractivity contribution in [1.82, 2.24) is 18.8 Å². The highest BCUT2D eigenvalue weighted by Crippen LogP contribution is 2.19. The Labute approximate surface area is 116 Å². The van der Waals surface area contributed by atoms with Crippen LogP contribution in [0.3, 0.4) is 0 Å². The zero-order valence-electron chi connectivity index (χ0n) is 10.7. The summed E-state index contributed by atoms with van der Waals surface area (Å²) in [6.45, 7) is 2.65. The number of aromatic nitrogens is 3. The highest BCUT2D eigenvalue weighted by Gasteiger charge is 2.19. The number of likely N-dealkylation sites (tertiary alicyclic amines) is 1. The fourth-order valence-electron chi connectivity index (χ4n) is 2.44. The van der Waals surface area contributed by atoms with E-state index in [0.29, 0.717) is 5.91 Å². The average Bonchev–Trinajstić information content (AvgIpc) is 3.11. The molecule has 3 heterocycles. The third-order valence-electron chi connectivity index (χ3n) is 3.40.